The number of anilines is 1. The average molecular weight is 253 g/mol. The topological polar surface area (TPSA) is 12.0 Å². The quantitative estimate of drug-likeness (QED) is 0.803. The van der Waals surface area contributed by atoms with Crippen LogP contribution in [0.3, 0.4) is 0 Å². The molecule has 0 spiro atoms. The van der Waals surface area contributed by atoms with E-state index in [2.05, 4.69) is 76.3 Å². The predicted molar refractivity (Wildman–Crippen MR) is 83.9 cm³/mol. The number of rotatable bonds is 3. The van der Waals surface area contributed by atoms with Gasteiger partial charge in [0.15, 0.2) is 0 Å². The Morgan fingerprint density at radius 2 is 1.32 bits per heavy atom. The second kappa shape index (κ2) is 5.48. The first-order valence-electron chi connectivity index (χ1n) is 6.88. The molecule has 0 fully saturated rings. The molecule has 2 aromatic rings. The molecule has 0 bridgehead atoms. The molecule has 2 rings (SSSR count). The van der Waals surface area contributed by atoms with Crippen LogP contribution in [0.5, 0.6) is 0 Å². The van der Waals surface area contributed by atoms with Crippen LogP contribution in [0.2, 0.25) is 0 Å². The van der Waals surface area contributed by atoms with E-state index in [-0.39, 0.29) is 0 Å². The van der Waals surface area contributed by atoms with E-state index < -0.39 is 0 Å². The van der Waals surface area contributed by atoms with E-state index in [4.69, 9.17) is 0 Å². The SMILES string of the molecule is Cc1ccc(NC(C)c2ccc(C)c(C)c2)cc1C. The third kappa shape index (κ3) is 3.17. The van der Waals surface area contributed by atoms with E-state index in [0.29, 0.717) is 6.04 Å². The lowest BCUT2D eigenvalue weighted by atomic mass is 10.0. The molecule has 0 heterocycles. The van der Waals surface area contributed by atoms with Gasteiger partial charge in [0.25, 0.3) is 0 Å². The summed E-state index contributed by atoms with van der Waals surface area (Å²) < 4.78 is 0. The molecule has 100 valence electrons. The molecule has 19 heavy (non-hydrogen) atoms. The molecule has 0 saturated carbocycles. The Morgan fingerprint density at radius 3 is 1.89 bits per heavy atom. The molecule has 1 unspecified atom stereocenters. The molecule has 0 radical (unpaired) electrons. The predicted octanol–water partition coefficient (Wildman–Crippen LogP) is 5.09. The molecular formula is C18H23N. The fourth-order valence-corrected chi connectivity index (χ4v) is 2.20. The van der Waals surface area contributed by atoms with Crippen LogP contribution < -0.4 is 5.32 Å². The van der Waals surface area contributed by atoms with Crippen molar-refractivity contribution in [3.63, 3.8) is 0 Å². The second-order valence-corrected chi connectivity index (χ2v) is 5.51. The first kappa shape index (κ1) is 13.7. The minimum Gasteiger partial charge on any atom is -0.379 e. The van der Waals surface area contributed by atoms with Crippen LogP contribution in [0.4, 0.5) is 5.69 Å². The van der Waals surface area contributed by atoms with Gasteiger partial charge in [-0.1, -0.05) is 24.3 Å². The largest absolute Gasteiger partial charge is 0.379 e. The second-order valence-electron chi connectivity index (χ2n) is 5.51. The zero-order valence-electron chi connectivity index (χ0n) is 12.5. The van der Waals surface area contributed by atoms with Gasteiger partial charge in [-0.05, 0) is 74.6 Å². The normalized spacial score (nSPS) is 12.3. The first-order valence-corrected chi connectivity index (χ1v) is 6.88. The van der Waals surface area contributed by atoms with Gasteiger partial charge in [-0.15, -0.1) is 0 Å². The van der Waals surface area contributed by atoms with Crippen LogP contribution in [-0.4, -0.2) is 0 Å². The number of nitrogens with one attached hydrogen (secondary N) is 1. The van der Waals surface area contributed by atoms with Gasteiger partial charge in [0.1, 0.15) is 0 Å². The Hall–Kier alpha value is -1.76. The summed E-state index contributed by atoms with van der Waals surface area (Å²) in [5.74, 6) is 0. The molecule has 1 atom stereocenters. The highest BCUT2D eigenvalue weighted by molar-refractivity contribution is 5.50. The summed E-state index contributed by atoms with van der Waals surface area (Å²) >= 11 is 0. The van der Waals surface area contributed by atoms with Gasteiger partial charge in [0, 0.05) is 11.7 Å². The third-order valence-corrected chi connectivity index (χ3v) is 3.92. The fraction of sp³-hybridized carbons (Fsp3) is 0.333. The lowest BCUT2D eigenvalue weighted by Crippen LogP contribution is -2.07. The monoisotopic (exact) mass is 253 g/mol. The fourth-order valence-electron chi connectivity index (χ4n) is 2.20. The Balaban J connectivity index is 2.17. The summed E-state index contributed by atoms with van der Waals surface area (Å²) in [5, 5.41) is 3.57. The van der Waals surface area contributed by atoms with Crippen LogP contribution in [0.1, 0.15) is 40.8 Å². The van der Waals surface area contributed by atoms with E-state index in [9.17, 15) is 0 Å². The minimum absolute atomic E-state index is 0.321. The van der Waals surface area contributed by atoms with Crippen molar-refractivity contribution < 1.29 is 0 Å². The van der Waals surface area contributed by atoms with Crippen molar-refractivity contribution in [1.82, 2.24) is 0 Å². The molecule has 0 aliphatic heterocycles. The zero-order chi connectivity index (χ0) is 14.0. The molecule has 0 saturated heterocycles. The number of hydrogen-bond acceptors (Lipinski definition) is 1. The van der Waals surface area contributed by atoms with Crippen molar-refractivity contribution in [2.24, 2.45) is 0 Å². The maximum atomic E-state index is 3.57. The highest BCUT2D eigenvalue weighted by atomic mass is 14.9. The van der Waals surface area contributed by atoms with Crippen molar-refractivity contribution in [3.05, 3.63) is 64.2 Å². The van der Waals surface area contributed by atoms with Crippen molar-refractivity contribution in [1.29, 1.82) is 0 Å². The maximum Gasteiger partial charge on any atom is 0.0485 e. The Labute approximate surface area is 116 Å². The summed E-state index contributed by atoms with van der Waals surface area (Å²) in [6.07, 6.45) is 0. The Morgan fingerprint density at radius 1 is 0.737 bits per heavy atom. The van der Waals surface area contributed by atoms with Crippen LogP contribution >= 0.6 is 0 Å². The summed E-state index contributed by atoms with van der Waals surface area (Å²) in [5.41, 5.74) is 7.89. The highest BCUT2D eigenvalue weighted by Gasteiger charge is 2.06. The number of benzene rings is 2. The van der Waals surface area contributed by atoms with E-state index in [1.54, 1.807) is 0 Å². The Kier molecular flexibility index (Phi) is 3.94. The highest BCUT2D eigenvalue weighted by Crippen LogP contribution is 2.22. The van der Waals surface area contributed by atoms with Crippen LogP contribution in [0.15, 0.2) is 36.4 Å². The average Bonchev–Trinajstić information content (AvgIpc) is 2.37. The smallest absolute Gasteiger partial charge is 0.0485 e. The molecule has 0 aliphatic carbocycles. The zero-order valence-corrected chi connectivity index (χ0v) is 12.5. The van der Waals surface area contributed by atoms with Gasteiger partial charge in [-0.2, -0.15) is 0 Å². The summed E-state index contributed by atoms with van der Waals surface area (Å²) in [4.78, 5) is 0. The van der Waals surface area contributed by atoms with Crippen LogP contribution in [0, 0.1) is 27.7 Å². The molecule has 2 aromatic carbocycles. The molecule has 0 aliphatic rings. The number of hydrogen-bond donors (Lipinski definition) is 1. The van der Waals surface area contributed by atoms with Crippen LogP contribution in [-0.2, 0) is 0 Å². The van der Waals surface area contributed by atoms with Crippen molar-refractivity contribution in [2.75, 3.05) is 5.32 Å². The van der Waals surface area contributed by atoms with Crippen LogP contribution in [0.25, 0.3) is 0 Å². The number of aryl methyl sites for hydroxylation is 4. The van der Waals surface area contributed by atoms with Gasteiger partial charge in [0.2, 0.25) is 0 Å². The first-order chi connectivity index (χ1) is 8.97. The van der Waals surface area contributed by atoms with Crippen molar-refractivity contribution in [2.45, 2.75) is 40.7 Å². The van der Waals surface area contributed by atoms with Gasteiger partial charge in [-0.25, -0.2) is 0 Å². The molecular weight excluding hydrogens is 230 g/mol. The molecule has 1 heteroatoms. The standard InChI is InChI=1S/C18H23N/c1-12-6-8-17(10-14(12)3)16(5)19-18-9-7-13(2)15(4)11-18/h6-11,16,19H,1-5H3. The lowest BCUT2D eigenvalue weighted by molar-refractivity contribution is 0.881. The molecule has 1 nitrogen and oxygen atoms in total. The molecule has 1 N–H and O–H groups in total. The third-order valence-electron chi connectivity index (χ3n) is 3.92. The Bertz CT molecular complexity index is 584. The van der Waals surface area contributed by atoms with Gasteiger partial charge < -0.3 is 5.32 Å². The van der Waals surface area contributed by atoms with Gasteiger partial charge in [-0.3, -0.25) is 0 Å². The maximum absolute atomic E-state index is 3.57. The van der Waals surface area contributed by atoms with Gasteiger partial charge in [0.05, 0.1) is 0 Å². The van der Waals surface area contributed by atoms with E-state index in [1.165, 1.54) is 33.5 Å². The lowest BCUT2D eigenvalue weighted by Gasteiger charge is -2.17. The minimum atomic E-state index is 0.321. The summed E-state index contributed by atoms with van der Waals surface area (Å²) in [6, 6.07) is 13.5. The van der Waals surface area contributed by atoms with Crippen molar-refractivity contribution >= 4 is 5.69 Å². The summed E-state index contributed by atoms with van der Waals surface area (Å²) in [7, 11) is 0. The van der Waals surface area contributed by atoms with E-state index in [1.807, 2.05) is 0 Å². The van der Waals surface area contributed by atoms with Gasteiger partial charge >= 0.3 is 0 Å². The van der Waals surface area contributed by atoms with E-state index in [0.717, 1.165) is 0 Å². The van der Waals surface area contributed by atoms with E-state index >= 15 is 0 Å². The summed E-state index contributed by atoms with van der Waals surface area (Å²) in [6.45, 7) is 10.8. The molecule has 0 amide bonds. The van der Waals surface area contributed by atoms with Crippen molar-refractivity contribution in [3.8, 4) is 0 Å². The molecule has 0 aromatic heterocycles.